The Labute approximate surface area is 98.8 Å². The number of ketones is 1. The van der Waals surface area contributed by atoms with Crippen LogP contribution in [0.5, 0.6) is 0 Å². The summed E-state index contributed by atoms with van der Waals surface area (Å²) >= 11 is 0. The smallest absolute Gasteiger partial charge is 0.147 e. The summed E-state index contributed by atoms with van der Waals surface area (Å²) in [6.07, 6.45) is 6.61. The van der Waals surface area contributed by atoms with E-state index in [-0.39, 0.29) is 5.78 Å². The zero-order valence-electron chi connectivity index (χ0n) is 10.2. The van der Waals surface area contributed by atoms with Crippen molar-refractivity contribution in [1.29, 1.82) is 0 Å². The van der Waals surface area contributed by atoms with E-state index >= 15 is 0 Å². The van der Waals surface area contributed by atoms with Crippen molar-refractivity contribution < 1.29 is 4.79 Å². The Hall–Kier alpha value is -0.410. The van der Waals surface area contributed by atoms with E-state index in [4.69, 9.17) is 0 Å². The van der Waals surface area contributed by atoms with E-state index in [9.17, 15) is 4.79 Å². The number of likely N-dealkylation sites (tertiary alicyclic amines) is 2. The topological polar surface area (TPSA) is 23.6 Å². The molecule has 0 atom stereocenters. The van der Waals surface area contributed by atoms with Crippen LogP contribution in [0.2, 0.25) is 0 Å². The maximum atomic E-state index is 10.9. The highest BCUT2D eigenvalue weighted by atomic mass is 16.1. The molecule has 3 heteroatoms. The molecule has 2 aliphatic heterocycles. The van der Waals surface area contributed by atoms with Gasteiger partial charge in [0.05, 0.1) is 6.54 Å². The van der Waals surface area contributed by atoms with Crippen molar-refractivity contribution in [2.75, 3.05) is 32.7 Å². The normalized spacial score (nSPS) is 25.8. The molecule has 0 aromatic carbocycles. The minimum atomic E-state index is 0.0522. The van der Waals surface area contributed by atoms with Gasteiger partial charge in [0.1, 0.15) is 5.78 Å². The van der Waals surface area contributed by atoms with Gasteiger partial charge in [-0.3, -0.25) is 9.69 Å². The van der Waals surface area contributed by atoms with Crippen molar-refractivity contribution >= 4 is 5.78 Å². The first-order valence-corrected chi connectivity index (χ1v) is 6.57. The fraction of sp³-hybridized carbons (Fsp3) is 0.846. The van der Waals surface area contributed by atoms with E-state index in [2.05, 4.69) is 16.7 Å². The molecule has 2 rings (SSSR count). The average molecular weight is 223 g/mol. The first-order valence-electron chi connectivity index (χ1n) is 6.57. The van der Waals surface area contributed by atoms with Gasteiger partial charge >= 0.3 is 0 Å². The molecule has 0 N–H and O–H groups in total. The summed E-state index contributed by atoms with van der Waals surface area (Å²) in [4.78, 5) is 15.8. The van der Waals surface area contributed by atoms with Gasteiger partial charge < -0.3 is 4.90 Å². The summed E-state index contributed by atoms with van der Waals surface area (Å²) in [6.45, 7) is 8.72. The van der Waals surface area contributed by atoms with Gasteiger partial charge in [-0.05, 0) is 38.8 Å². The van der Waals surface area contributed by atoms with Crippen LogP contribution >= 0.6 is 0 Å². The number of hydrogen-bond donors (Lipinski definition) is 0. The second kappa shape index (κ2) is 5.78. The highest BCUT2D eigenvalue weighted by Crippen LogP contribution is 2.20. The lowest BCUT2D eigenvalue weighted by atomic mass is 10.00. The third-order valence-electron chi connectivity index (χ3n) is 3.86. The Bertz CT molecular complexity index is 228. The number of carbonyl (C=O) groups excluding carboxylic acids is 1. The quantitative estimate of drug-likeness (QED) is 0.721. The van der Waals surface area contributed by atoms with Crippen LogP contribution in [-0.2, 0) is 4.79 Å². The molecule has 16 heavy (non-hydrogen) atoms. The van der Waals surface area contributed by atoms with Gasteiger partial charge in [0.15, 0.2) is 0 Å². The van der Waals surface area contributed by atoms with Crippen molar-refractivity contribution in [3.8, 4) is 0 Å². The lowest BCUT2D eigenvalue weighted by Gasteiger charge is -2.40. The molecule has 1 radical (unpaired) electrons. The van der Waals surface area contributed by atoms with Gasteiger partial charge in [-0.2, -0.15) is 0 Å². The highest BCUT2D eigenvalue weighted by molar-refractivity contribution is 5.84. The van der Waals surface area contributed by atoms with E-state index in [0.717, 1.165) is 19.1 Å². The Morgan fingerprint density at radius 2 is 1.69 bits per heavy atom. The molecule has 0 bridgehead atoms. The number of piperidine rings is 2. The standard InChI is InChI=1S/C13H23N2O/c1-12(16)11-14-9-5-13(6-10-14)15-7-3-2-4-8-15/h13H,1-11H2. The summed E-state index contributed by atoms with van der Waals surface area (Å²) < 4.78 is 0. The number of rotatable bonds is 3. The fourth-order valence-electron chi connectivity index (χ4n) is 2.98. The van der Waals surface area contributed by atoms with Crippen molar-refractivity contribution in [3.05, 3.63) is 6.92 Å². The third-order valence-corrected chi connectivity index (χ3v) is 3.86. The van der Waals surface area contributed by atoms with E-state index in [1.54, 1.807) is 0 Å². The molecule has 0 amide bonds. The number of carbonyl (C=O) groups is 1. The highest BCUT2D eigenvalue weighted by Gasteiger charge is 2.25. The van der Waals surface area contributed by atoms with Crippen LogP contribution in [0.1, 0.15) is 32.1 Å². The van der Waals surface area contributed by atoms with Gasteiger partial charge in [0.2, 0.25) is 0 Å². The Morgan fingerprint density at radius 1 is 1.06 bits per heavy atom. The largest absolute Gasteiger partial charge is 0.300 e. The van der Waals surface area contributed by atoms with Crippen LogP contribution < -0.4 is 0 Å². The molecular weight excluding hydrogens is 200 g/mol. The molecule has 0 aromatic heterocycles. The molecule has 0 aliphatic carbocycles. The molecule has 0 saturated carbocycles. The summed E-state index contributed by atoms with van der Waals surface area (Å²) in [7, 11) is 0. The van der Waals surface area contributed by atoms with E-state index in [0.29, 0.717) is 6.54 Å². The van der Waals surface area contributed by atoms with Crippen LogP contribution in [0, 0.1) is 6.92 Å². The van der Waals surface area contributed by atoms with Gasteiger partial charge in [0, 0.05) is 26.1 Å². The van der Waals surface area contributed by atoms with Crippen molar-refractivity contribution in [1.82, 2.24) is 9.80 Å². The lowest BCUT2D eigenvalue weighted by Crippen LogP contribution is -2.47. The van der Waals surface area contributed by atoms with Gasteiger partial charge in [-0.15, -0.1) is 0 Å². The van der Waals surface area contributed by atoms with Crippen LogP contribution in [0.4, 0.5) is 0 Å². The molecule has 2 fully saturated rings. The fourth-order valence-corrected chi connectivity index (χ4v) is 2.98. The second-order valence-corrected chi connectivity index (χ2v) is 5.14. The van der Waals surface area contributed by atoms with Crippen molar-refractivity contribution in [2.45, 2.75) is 38.1 Å². The number of Topliss-reactive ketones (excluding diaryl/α,β-unsaturated/α-hetero) is 1. The molecule has 3 nitrogen and oxygen atoms in total. The molecule has 0 unspecified atom stereocenters. The monoisotopic (exact) mass is 223 g/mol. The summed E-state index contributed by atoms with van der Waals surface area (Å²) in [6, 6.07) is 0.775. The first-order chi connectivity index (χ1) is 7.75. The van der Waals surface area contributed by atoms with Crippen LogP contribution in [0.15, 0.2) is 0 Å². The van der Waals surface area contributed by atoms with Crippen LogP contribution in [-0.4, -0.2) is 54.3 Å². The molecular formula is C13H23N2O. The zero-order valence-corrected chi connectivity index (χ0v) is 10.2. The molecule has 2 heterocycles. The SMILES string of the molecule is [CH2]C(=O)CN1CCC(N2CCCCC2)CC1. The van der Waals surface area contributed by atoms with E-state index in [1.165, 1.54) is 45.2 Å². The zero-order chi connectivity index (χ0) is 11.4. The molecule has 0 aromatic rings. The van der Waals surface area contributed by atoms with Crippen LogP contribution in [0.25, 0.3) is 0 Å². The van der Waals surface area contributed by atoms with Gasteiger partial charge in [-0.25, -0.2) is 0 Å². The van der Waals surface area contributed by atoms with E-state index < -0.39 is 0 Å². The summed E-state index contributed by atoms with van der Waals surface area (Å²) in [5.74, 6) is 0.0522. The Balaban J connectivity index is 1.73. The van der Waals surface area contributed by atoms with Gasteiger partial charge in [0.25, 0.3) is 0 Å². The minimum Gasteiger partial charge on any atom is -0.300 e. The number of nitrogens with zero attached hydrogens (tertiary/aromatic N) is 2. The maximum Gasteiger partial charge on any atom is 0.147 e. The van der Waals surface area contributed by atoms with E-state index in [1.807, 2.05) is 0 Å². The second-order valence-electron chi connectivity index (χ2n) is 5.14. The van der Waals surface area contributed by atoms with Crippen molar-refractivity contribution in [3.63, 3.8) is 0 Å². The summed E-state index contributed by atoms with van der Waals surface area (Å²) in [5.41, 5.74) is 0. The number of hydrogen-bond acceptors (Lipinski definition) is 3. The maximum absolute atomic E-state index is 10.9. The molecule has 91 valence electrons. The average Bonchev–Trinajstić information content (AvgIpc) is 2.30. The predicted molar refractivity (Wildman–Crippen MR) is 65.3 cm³/mol. The van der Waals surface area contributed by atoms with Gasteiger partial charge in [-0.1, -0.05) is 6.42 Å². The Kier molecular flexibility index (Phi) is 4.36. The summed E-state index contributed by atoms with van der Waals surface area (Å²) in [5, 5.41) is 0. The van der Waals surface area contributed by atoms with Crippen molar-refractivity contribution in [2.24, 2.45) is 0 Å². The molecule has 2 saturated heterocycles. The first kappa shape index (κ1) is 12.1. The lowest BCUT2D eigenvalue weighted by molar-refractivity contribution is -0.116. The third kappa shape index (κ3) is 3.29. The van der Waals surface area contributed by atoms with Crippen LogP contribution in [0.3, 0.4) is 0 Å². The minimum absolute atomic E-state index is 0.0522. The molecule has 2 aliphatic rings. The Morgan fingerprint density at radius 3 is 2.25 bits per heavy atom. The predicted octanol–water partition coefficient (Wildman–Crippen LogP) is 1.34. The molecule has 0 spiro atoms.